The van der Waals surface area contributed by atoms with E-state index in [0.717, 1.165) is 5.56 Å². The van der Waals surface area contributed by atoms with E-state index in [1.165, 1.54) is 10.8 Å². The summed E-state index contributed by atoms with van der Waals surface area (Å²) in [4.78, 5) is 0. The molecule has 0 aromatic heterocycles. The Bertz CT molecular complexity index is 565. The first-order chi connectivity index (χ1) is 7.54. The number of rotatable bonds is 0. The van der Waals surface area contributed by atoms with Gasteiger partial charge in [-0.3, -0.25) is 0 Å². The third-order valence-corrected chi connectivity index (χ3v) is 3.21. The van der Waals surface area contributed by atoms with E-state index in [2.05, 4.69) is 73.6 Å². The largest absolute Gasteiger partial charge is 0.129 e. The molecule has 80 valence electrons. The van der Waals surface area contributed by atoms with Gasteiger partial charge in [-0.05, 0) is 22.9 Å². The summed E-state index contributed by atoms with van der Waals surface area (Å²) in [5.74, 6) is 3.29. The van der Waals surface area contributed by atoms with Crippen molar-refractivity contribution < 1.29 is 0 Å². The minimum Gasteiger partial charge on any atom is -0.127 e. The Morgan fingerprint density at radius 2 is 1.56 bits per heavy atom. The molecule has 0 atom stereocenters. The zero-order valence-corrected chi connectivity index (χ0v) is 11.0. The Labute approximate surface area is 98.3 Å². The predicted octanol–water partition coefficient (Wildman–Crippen LogP) is 4.07. The van der Waals surface area contributed by atoms with Gasteiger partial charge in [-0.1, -0.05) is 55.9 Å². The Balaban J connectivity index is 2.43. The van der Waals surface area contributed by atoms with Crippen molar-refractivity contribution >= 4 is 18.8 Å². The number of hydrogen-bond acceptors (Lipinski definition) is 0. The number of hydrogen-bond donors (Lipinski definition) is 0. The normalized spacial score (nSPS) is 10.9. The van der Waals surface area contributed by atoms with Gasteiger partial charge in [0.15, 0.2) is 0 Å². The van der Waals surface area contributed by atoms with Crippen molar-refractivity contribution in [2.45, 2.75) is 19.6 Å². The lowest BCUT2D eigenvalue weighted by Gasteiger charge is -2.03. The van der Waals surface area contributed by atoms with Crippen LogP contribution in [-0.2, 0) is 0 Å². The smallest absolute Gasteiger partial charge is 0.127 e. The van der Waals surface area contributed by atoms with Crippen LogP contribution in [0.5, 0.6) is 0 Å². The van der Waals surface area contributed by atoms with Crippen molar-refractivity contribution in [3.63, 3.8) is 0 Å². The van der Waals surface area contributed by atoms with E-state index in [1.807, 2.05) is 0 Å². The molecular formula is C15H16Si. The summed E-state index contributed by atoms with van der Waals surface area (Å²) in [7, 11) is -1.27. The van der Waals surface area contributed by atoms with E-state index >= 15 is 0 Å². The molecule has 0 aliphatic carbocycles. The molecule has 1 heteroatoms. The van der Waals surface area contributed by atoms with E-state index < -0.39 is 8.07 Å². The Morgan fingerprint density at radius 3 is 2.25 bits per heavy atom. The Morgan fingerprint density at radius 1 is 0.875 bits per heavy atom. The van der Waals surface area contributed by atoms with Crippen LogP contribution in [0.15, 0.2) is 42.5 Å². The van der Waals surface area contributed by atoms with Gasteiger partial charge < -0.3 is 0 Å². The van der Waals surface area contributed by atoms with E-state index in [1.54, 1.807) is 0 Å². The second kappa shape index (κ2) is 4.15. The summed E-state index contributed by atoms with van der Waals surface area (Å²) in [5.41, 5.74) is 4.52. The molecule has 0 amide bonds. The fraction of sp³-hybridized carbons (Fsp3) is 0.200. The average molecular weight is 224 g/mol. The number of fused-ring (bicyclic) bond motifs is 1. The first-order valence-electron chi connectivity index (χ1n) is 5.57. The van der Waals surface area contributed by atoms with Gasteiger partial charge in [-0.25, -0.2) is 0 Å². The third kappa shape index (κ3) is 2.74. The molecule has 0 fully saturated rings. The molecule has 0 heterocycles. The summed E-state index contributed by atoms with van der Waals surface area (Å²) in [6.45, 7) is 6.79. The summed E-state index contributed by atoms with van der Waals surface area (Å²) >= 11 is 0. The second-order valence-electron chi connectivity index (χ2n) is 5.06. The molecular weight excluding hydrogens is 208 g/mol. The molecule has 0 saturated heterocycles. The van der Waals surface area contributed by atoms with Gasteiger partial charge in [0.1, 0.15) is 8.07 Å². The molecule has 0 radical (unpaired) electrons. The van der Waals surface area contributed by atoms with Gasteiger partial charge >= 0.3 is 0 Å². The predicted molar refractivity (Wildman–Crippen MR) is 74.2 cm³/mol. The summed E-state index contributed by atoms with van der Waals surface area (Å²) in [5, 5.41) is 2.55. The van der Waals surface area contributed by atoms with E-state index in [-0.39, 0.29) is 0 Å². The van der Waals surface area contributed by atoms with E-state index in [4.69, 9.17) is 0 Å². The van der Waals surface area contributed by atoms with Crippen LogP contribution in [0.4, 0.5) is 0 Å². The Hall–Kier alpha value is -1.52. The topological polar surface area (TPSA) is 0 Å². The molecule has 0 N–H and O–H groups in total. The van der Waals surface area contributed by atoms with Crippen LogP contribution in [0.3, 0.4) is 0 Å². The first kappa shape index (κ1) is 11.0. The zero-order valence-electron chi connectivity index (χ0n) is 10.0. The van der Waals surface area contributed by atoms with Crippen molar-refractivity contribution in [3.05, 3.63) is 48.0 Å². The van der Waals surface area contributed by atoms with Crippen LogP contribution in [0.25, 0.3) is 10.8 Å². The molecule has 2 rings (SSSR count). The minimum absolute atomic E-state index is 1.13. The molecule has 2 aromatic rings. The summed E-state index contributed by atoms with van der Waals surface area (Å²) in [6, 6.07) is 14.8. The maximum Gasteiger partial charge on any atom is 0.129 e. The van der Waals surface area contributed by atoms with Crippen LogP contribution >= 0.6 is 0 Å². The van der Waals surface area contributed by atoms with Gasteiger partial charge in [0.25, 0.3) is 0 Å². The molecule has 0 aliphatic heterocycles. The summed E-state index contributed by atoms with van der Waals surface area (Å²) in [6.07, 6.45) is 0. The van der Waals surface area contributed by atoms with E-state index in [0.29, 0.717) is 0 Å². The highest BCUT2D eigenvalue weighted by Gasteiger charge is 2.07. The molecule has 2 aromatic carbocycles. The molecule has 0 saturated carbocycles. The molecule has 16 heavy (non-hydrogen) atoms. The maximum absolute atomic E-state index is 3.39. The lowest BCUT2D eigenvalue weighted by Crippen LogP contribution is -2.16. The van der Waals surface area contributed by atoms with Crippen LogP contribution in [-0.4, -0.2) is 8.07 Å². The lowest BCUT2D eigenvalue weighted by atomic mass is 10.1. The van der Waals surface area contributed by atoms with Gasteiger partial charge in [0.05, 0.1) is 0 Å². The standard InChI is InChI=1S/C15H16Si/c1-16(2,3)11-10-13-8-9-14-6-4-5-7-15(14)12-13/h4-9,12H,1-3H3. The van der Waals surface area contributed by atoms with Gasteiger partial charge in [0, 0.05) is 5.56 Å². The zero-order chi connectivity index (χ0) is 11.6. The average Bonchev–Trinajstić information content (AvgIpc) is 2.25. The van der Waals surface area contributed by atoms with Gasteiger partial charge in [0.2, 0.25) is 0 Å². The number of benzene rings is 2. The highest BCUT2D eigenvalue weighted by atomic mass is 28.3. The van der Waals surface area contributed by atoms with Crippen molar-refractivity contribution in [1.29, 1.82) is 0 Å². The van der Waals surface area contributed by atoms with E-state index in [9.17, 15) is 0 Å². The molecule has 0 spiro atoms. The summed E-state index contributed by atoms with van der Waals surface area (Å²) < 4.78 is 0. The van der Waals surface area contributed by atoms with Gasteiger partial charge in [-0.15, -0.1) is 5.54 Å². The fourth-order valence-electron chi connectivity index (χ4n) is 1.53. The van der Waals surface area contributed by atoms with Crippen LogP contribution in [0.2, 0.25) is 19.6 Å². The van der Waals surface area contributed by atoms with Crippen LogP contribution in [0, 0.1) is 11.5 Å². The SMILES string of the molecule is C[Si](C)(C)C#Cc1ccc2ccccc2c1. The molecule has 0 aliphatic rings. The quantitative estimate of drug-likeness (QED) is 0.467. The van der Waals surface area contributed by atoms with Crippen LogP contribution < -0.4 is 0 Å². The first-order valence-corrected chi connectivity index (χ1v) is 9.07. The highest BCUT2D eigenvalue weighted by molar-refractivity contribution is 6.83. The second-order valence-corrected chi connectivity index (χ2v) is 9.81. The molecule has 0 unspecified atom stereocenters. The van der Waals surface area contributed by atoms with Crippen LogP contribution in [0.1, 0.15) is 5.56 Å². The molecule has 0 nitrogen and oxygen atoms in total. The Kier molecular flexibility index (Phi) is 2.85. The highest BCUT2D eigenvalue weighted by Crippen LogP contribution is 2.15. The van der Waals surface area contributed by atoms with Crippen molar-refractivity contribution in [3.8, 4) is 11.5 Å². The minimum atomic E-state index is -1.27. The molecule has 0 bridgehead atoms. The van der Waals surface area contributed by atoms with Crippen molar-refractivity contribution in [2.24, 2.45) is 0 Å². The maximum atomic E-state index is 3.39. The van der Waals surface area contributed by atoms with Crippen molar-refractivity contribution in [2.75, 3.05) is 0 Å². The third-order valence-electron chi connectivity index (χ3n) is 2.33. The van der Waals surface area contributed by atoms with Crippen molar-refractivity contribution in [1.82, 2.24) is 0 Å². The fourth-order valence-corrected chi connectivity index (χ4v) is 2.05. The van der Waals surface area contributed by atoms with Gasteiger partial charge in [-0.2, -0.15) is 0 Å². The lowest BCUT2D eigenvalue weighted by molar-refractivity contribution is 1.69. The monoisotopic (exact) mass is 224 g/mol.